The lowest BCUT2D eigenvalue weighted by molar-refractivity contribution is 0.277. The van der Waals surface area contributed by atoms with Gasteiger partial charge < -0.3 is 9.30 Å². The van der Waals surface area contributed by atoms with Crippen LogP contribution in [0.2, 0.25) is 0 Å². The molecule has 2 heterocycles. The van der Waals surface area contributed by atoms with Crippen LogP contribution in [0.25, 0.3) is 0 Å². The first-order valence-corrected chi connectivity index (χ1v) is 5.04. The van der Waals surface area contributed by atoms with Crippen molar-refractivity contribution in [2.45, 2.75) is 12.1 Å². The molecule has 2 aromatic rings. The van der Waals surface area contributed by atoms with Gasteiger partial charge in [-0.1, -0.05) is 30.3 Å². The quantitative estimate of drug-likeness (QED) is 0.707. The van der Waals surface area contributed by atoms with Gasteiger partial charge in [-0.05, 0) is 5.56 Å². The van der Waals surface area contributed by atoms with Gasteiger partial charge in [-0.2, -0.15) is 0 Å². The molecule has 1 fully saturated rings. The third-order valence-electron chi connectivity index (χ3n) is 2.79. The summed E-state index contributed by atoms with van der Waals surface area (Å²) in [7, 11) is 0. The van der Waals surface area contributed by atoms with Gasteiger partial charge in [-0.15, -0.1) is 0 Å². The number of imidazole rings is 1. The number of rotatable bonds is 3. The van der Waals surface area contributed by atoms with E-state index in [9.17, 15) is 0 Å². The summed E-state index contributed by atoms with van der Waals surface area (Å²) < 4.78 is 7.66. The molecule has 0 saturated carbocycles. The topological polar surface area (TPSA) is 30.4 Å². The lowest BCUT2D eigenvalue weighted by Gasteiger charge is -2.12. The molecular formula is C12H12N2O. The Morgan fingerprint density at radius 3 is 2.73 bits per heavy atom. The molecule has 1 aromatic heterocycles. The summed E-state index contributed by atoms with van der Waals surface area (Å²) in [5, 5.41) is 0. The Balaban J connectivity index is 1.86. The Morgan fingerprint density at radius 1 is 1.33 bits per heavy atom. The maximum atomic E-state index is 5.61. The molecule has 0 bridgehead atoms. The van der Waals surface area contributed by atoms with E-state index in [0.29, 0.717) is 0 Å². The summed E-state index contributed by atoms with van der Waals surface area (Å²) in [4.78, 5) is 4.04. The van der Waals surface area contributed by atoms with E-state index in [4.69, 9.17) is 4.74 Å². The molecule has 1 aromatic carbocycles. The van der Waals surface area contributed by atoms with Crippen LogP contribution in [-0.2, 0) is 16.9 Å². The highest BCUT2D eigenvalue weighted by Crippen LogP contribution is 2.39. The van der Waals surface area contributed by atoms with E-state index in [-0.39, 0.29) is 5.60 Å². The molecular weight excluding hydrogens is 188 g/mol. The number of hydrogen-bond donors (Lipinski definition) is 0. The number of ether oxygens (including phenoxy) is 1. The molecule has 76 valence electrons. The Bertz CT molecular complexity index is 432. The molecule has 1 unspecified atom stereocenters. The molecule has 0 amide bonds. The number of epoxide rings is 1. The summed E-state index contributed by atoms with van der Waals surface area (Å²) in [6, 6.07) is 10.4. The van der Waals surface area contributed by atoms with Crippen molar-refractivity contribution in [2.75, 3.05) is 6.61 Å². The molecule has 0 spiro atoms. The molecule has 3 nitrogen and oxygen atoms in total. The van der Waals surface area contributed by atoms with E-state index in [1.807, 2.05) is 30.7 Å². The van der Waals surface area contributed by atoms with Gasteiger partial charge in [0, 0.05) is 12.4 Å². The minimum atomic E-state index is -0.109. The molecule has 3 heteroatoms. The Kier molecular flexibility index (Phi) is 1.86. The normalized spacial score (nSPS) is 24.0. The maximum absolute atomic E-state index is 5.61. The van der Waals surface area contributed by atoms with Gasteiger partial charge in [-0.3, -0.25) is 0 Å². The summed E-state index contributed by atoms with van der Waals surface area (Å²) in [5.41, 5.74) is 1.14. The Morgan fingerprint density at radius 2 is 2.13 bits per heavy atom. The SMILES string of the molecule is c1ccc(C2(Cn3ccnc3)CO2)cc1. The van der Waals surface area contributed by atoms with Crippen molar-refractivity contribution in [2.24, 2.45) is 0 Å². The van der Waals surface area contributed by atoms with Gasteiger partial charge >= 0.3 is 0 Å². The predicted octanol–water partition coefficient (Wildman–Crippen LogP) is 1.81. The zero-order valence-corrected chi connectivity index (χ0v) is 8.34. The van der Waals surface area contributed by atoms with Crippen LogP contribution in [0, 0.1) is 0 Å². The molecule has 0 N–H and O–H groups in total. The number of benzene rings is 1. The van der Waals surface area contributed by atoms with Crippen LogP contribution in [0.3, 0.4) is 0 Å². The van der Waals surface area contributed by atoms with Crippen LogP contribution in [0.15, 0.2) is 49.1 Å². The highest BCUT2D eigenvalue weighted by molar-refractivity contribution is 5.26. The summed E-state index contributed by atoms with van der Waals surface area (Å²) in [6.07, 6.45) is 5.58. The highest BCUT2D eigenvalue weighted by atomic mass is 16.6. The van der Waals surface area contributed by atoms with Crippen molar-refractivity contribution in [3.05, 3.63) is 54.6 Å². The number of nitrogens with zero attached hydrogens (tertiary/aromatic N) is 2. The summed E-state index contributed by atoms with van der Waals surface area (Å²) in [5.74, 6) is 0. The monoisotopic (exact) mass is 200 g/mol. The molecule has 1 atom stereocenters. The second-order valence-electron chi connectivity index (χ2n) is 3.88. The van der Waals surface area contributed by atoms with Crippen LogP contribution in [0.5, 0.6) is 0 Å². The first kappa shape index (κ1) is 8.68. The fourth-order valence-corrected chi connectivity index (χ4v) is 1.85. The number of hydrogen-bond acceptors (Lipinski definition) is 2. The predicted molar refractivity (Wildman–Crippen MR) is 56.3 cm³/mol. The zero-order valence-electron chi connectivity index (χ0n) is 8.34. The van der Waals surface area contributed by atoms with E-state index in [1.54, 1.807) is 6.20 Å². The molecule has 0 aliphatic carbocycles. The van der Waals surface area contributed by atoms with Crippen LogP contribution in [-0.4, -0.2) is 16.2 Å². The fourth-order valence-electron chi connectivity index (χ4n) is 1.85. The lowest BCUT2D eigenvalue weighted by atomic mass is 10.0. The average molecular weight is 200 g/mol. The van der Waals surface area contributed by atoms with Crippen molar-refractivity contribution >= 4 is 0 Å². The van der Waals surface area contributed by atoms with Gasteiger partial charge in [0.05, 0.1) is 19.5 Å². The van der Waals surface area contributed by atoms with E-state index < -0.39 is 0 Å². The largest absolute Gasteiger partial charge is 0.363 e. The summed E-state index contributed by atoms with van der Waals surface area (Å²) >= 11 is 0. The minimum absolute atomic E-state index is 0.109. The van der Waals surface area contributed by atoms with E-state index >= 15 is 0 Å². The number of aromatic nitrogens is 2. The van der Waals surface area contributed by atoms with Crippen LogP contribution in [0.1, 0.15) is 5.56 Å². The molecule has 1 aliphatic heterocycles. The fraction of sp³-hybridized carbons (Fsp3) is 0.250. The smallest absolute Gasteiger partial charge is 0.134 e. The minimum Gasteiger partial charge on any atom is -0.363 e. The molecule has 3 rings (SSSR count). The average Bonchev–Trinajstić information content (AvgIpc) is 2.88. The van der Waals surface area contributed by atoms with Crippen molar-refractivity contribution < 1.29 is 4.74 Å². The van der Waals surface area contributed by atoms with E-state index in [1.165, 1.54) is 5.56 Å². The van der Waals surface area contributed by atoms with Crippen LogP contribution in [0.4, 0.5) is 0 Å². The van der Waals surface area contributed by atoms with Crippen LogP contribution < -0.4 is 0 Å². The first-order chi connectivity index (χ1) is 7.39. The first-order valence-electron chi connectivity index (χ1n) is 5.04. The maximum Gasteiger partial charge on any atom is 0.134 e. The second-order valence-corrected chi connectivity index (χ2v) is 3.88. The standard InChI is InChI=1S/C12H12N2O/c1-2-4-11(5-3-1)12(9-15-12)8-14-7-6-13-10-14/h1-7,10H,8-9H2. The third kappa shape index (κ3) is 1.55. The van der Waals surface area contributed by atoms with Gasteiger partial charge in [0.2, 0.25) is 0 Å². The highest BCUT2D eigenvalue weighted by Gasteiger charge is 2.46. The van der Waals surface area contributed by atoms with Crippen LogP contribution >= 0.6 is 0 Å². The van der Waals surface area contributed by atoms with Crippen molar-refractivity contribution in [1.82, 2.24) is 9.55 Å². The van der Waals surface area contributed by atoms with Crippen molar-refractivity contribution in [1.29, 1.82) is 0 Å². The second kappa shape index (κ2) is 3.21. The van der Waals surface area contributed by atoms with Gasteiger partial charge in [0.1, 0.15) is 5.60 Å². The van der Waals surface area contributed by atoms with Crippen molar-refractivity contribution in [3.63, 3.8) is 0 Å². The van der Waals surface area contributed by atoms with Gasteiger partial charge in [0.15, 0.2) is 0 Å². The molecule has 1 saturated heterocycles. The zero-order chi connectivity index (χ0) is 10.1. The summed E-state index contributed by atoms with van der Waals surface area (Å²) in [6.45, 7) is 1.65. The molecule has 15 heavy (non-hydrogen) atoms. The van der Waals surface area contributed by atoms with E-state index in [0.717, 1.165) is 13.2 Å². The lowest BCUT2D eigenvalue weighted by Crippen LogP contribution is -2.16. The van der Waals surface area contributed by atoms with E-state index in [2.05, 4.69) is 21.7 Å². The Labute approximate surface area is 88.3 Å². The molecule has 0 radical (unpaired) electrons. The van der Waals surface area contributed by atoms with Gasteiger partial charge in [-0.25, -0.2) is 4.98 Å². The third-order valence-corrected chi connectivity index (χ3v) is 2.79. The van der Waals surface area contributed by atoms with Gasteiger partial charge in [0.25, 0.3) is 0 Å². The Hall–Kier alpha value is -1.61. The molecule has 1 aliphatic rings. The van der Waals surface area contributed by atoms with Crippen molar-refractivity contribution in [3.8, 4) is 0 Å².